The minimum atomic E-state index is 0.173. The molecule has 9 heteroatoms. The summed E-state index contributed by atoms with van der Waals surface area (Å²) < 4.78 is 6.57. The summed E-state index contributed by atoms with van der Waals surface area (Å²) in [5.41, 5.74) is 1.08. The van der Waals surface area contributed by atoms with Gasteiger partial charge in [-0.2, -0.15) is 0 Å². The Labute approximate surface area is 199 Å². The minimum Gasteiger partial charge on any atom is -0.378 e. The van der Waals surface area contributed by atoms with E-state index in [0.29, 0.717) is 58.4 Å². The Bertz CT molecular complexity index is 935. The molecule has 0 aliphatic carbocycles. The third-order valence-corrected chi connectivity index (χ3v) is 8.17. The van der Waals surface area contributed by atoms with Crippen LogP contribution in [0.3, 0.4) is 0 Å². The molecule has 4 heterocycles. The number of amides is 2. The Morgan fingerprint density at radius 1 is 0.909 bits per heavy atom. The largest absolute Gasteiger partial charge is 0.378 e. The minimum absolute atomic E-state index is 0.173. The van der Waals surface area contributed by atoms with E-state index in [9.17, 15) is 9.59 Å². The van der Waals surface area contributed by atoms with Gasteiger partial charge in [0, 0.05) is 51.7 Å². The van der Waals surface area contributed by atoms with Crippen LogP contribution >= 0.6 is 11.3 Å². The van der Waals surface area contributed by atoms with Crippen LogP contribution in [0.4, 0.5) is 0 Å². The molecular weight excluding hydrogens is 438 g/mol. The maximum atomic E-state index is 13.0. The van der Waals surface area contributed by atoms with Gasteiger partial charge >= 0.3 is 0 Å². The number of para-hydroxylation sites is 1. The van der Waals surface area contributed by atoms with Crippen LogP contribution in [0.15, 0.2) is 24.3 Å². The van der Waals surface area contributed by atoms with Gasteiger partial charge in [-0.15, -0.1) is 11.3 Å². The van der Waals surface area contributed by atoms with Crippen molar-refractivity contribution in [3.05, 3.63) is 29.3 Å². The summed E-state index contributed by atoms with van der Waals surface area (Å²) in [5.74, 6) is 0.790. The predicted molar refractivity (Wildman–Crippen MR) is 128 cm³/mol. The van der Waals surface area contributed by atoms with Crippen molar-refractivity contribution in [1.82, 2.24) is 24.6 Å². The Morgan fingerprint density at radius 3 is 2.36 bits per heavy atom. The van der Waals surface area contributed by atoms with E-state index in [1.165, 1.54) is 9.71 Å². The second kappa shape index (κ2) is 10.5. The van der Waals surface area contributed by atoms with Gasteiger partial charge < -0.3 is 14.5 Å². The standard InChI is InChI=1S/C24H33N5O3S/c30-22(29-12-14-32-15-13-29)17-26-8-10-28(11-9-26)23(31)18-27-7-3-4-19(16-27)24-25-20-5-1-2-6-21(20)33-24/h1-2,5-6,19H,3-4,7-18H2. The molecule has 1 aromatic carbocycles. The highest BCUT2D eigenvalue weighted by atomic mass is 32.1. The van der Waals surface area contributed by atoms with E-state index < -0.39 is 0 Å². The number of aromatic nitrogens is 1. The number of hydrogen-bond acceptors (Lipinski definition) is 7. The highest BCUT2D eigenvalue weighted by molar-refractivity contribution is 7.18. The highest BCUT2D eigenvalue weighted by Gasteiger charge is 2.29. The van der Waals surface area contributed by atoms with Crippen LogP contribution in [0.5, 0.6) is 0 Å². The highest BCUT2D eigenvalue weighted by Crippen LogP contribution is 2.32. The number of hydrogen-bond donors (Lipinski definition) is 0. The van der Waals surface area contributed by atoms with Gasteiger partial charge in [-0.05, 0) is 31.5 Å². The Balaban J connectivity index is 1.08. The molecule has 2 aromatic rings. The Kier molecular flexibility index (Phi) is 7.20. The van der Waals surface area contributed by atoms with Crippen molar-refractivity contribution >= 4 is 33.4 Å². The molecule has 5 rings (SSSR count). The normalized spacial score (nSPS) is 23.2. The summed E-state index contributed by atoms with van der Waals surface area (Å²) in [4.78, 5) is 38.7. The number of likely N-dealkylation sites (tertiary alicyclic amines) is 1. The fourth-order valence-corrected chi connectivity index (χ4v) is 6.11. The van der Waals surface area contributed by atoms with Gasteiger partial charge in [0.25, 0.3) is 0 Å². The van der Waals surface area contributed by atoms with Crippen molar-refractivity contribution in [3.63, 3.8) is 0 Å². The van der Waals surface area contributed by atoms with Gasteiger partial charge in [0.2, 0.25) is 11.8 Å². The van der Waals surface area contributed by atoms with Crippen LogP contribution in [0.2, 0.25) is 0 Å². The molecule has 0 saturated carbocycles. The molecule has 0 spiro atoms. The lowest BCUT2D eigenvalue weighted by Gasteiger charge is -2.37. The molecule has 1 aromatic heterocycles. The number of nitrogens with zero attached hydrogens (tertiary/aromatic N) is 5. The van der Waals surface area contributed by atoms with Gasteiger partial charge in [0.1, 0.15) is 0 Å². The van der Waals surface area contributed by atoms with Crippen molar-refractivity contribution in [1.29, 1.82) is 0 Å². The van der Waals surface area contributed by atoms with Gasteiger partial charge in [0.05, 0.1) is 41.5 Å². The molecule has 0 N–H and O–H groups in total. The summed E-state index contributed by atoms with van der Waals surface area (Å²) in [5, 5.41) is 1.20. The van der Waals surface area contributed by atoms with Crippen molar-refractivity contribution in [2.24, 2.45) is 0 Å². The van der Waals surface area contributed by atoms with Gasteiger partial charge in [-0.1, -0.05) is 12.1 Å². The zero-order valence-corrected chi connectivity index (χ0v) is 20.0. The summed E-state index contributed by atoms with van der Waals surface area (Å²) in [6.45, 7) is 8.35. The van der Waals surface area contributed by atoms with Crippen molar-refractivity contribution in [3.8, 4) is 0 Å². The van der Waals surface area contributed by atoms with E-state index in [2.05, 4.69) is 28.0 Å². The van der Waals surface area contributed by atoms with Crippen LogP contribution in [0.25, 0.3) is 10.2 Å². The zero-order valence-electron chi connectivity index (χ0n) is 19.2. The number of fused-ring (bicyclic) bond motifs is 1. The number of carbonyl (C=O) groups excluding carboxylic acids is 2. The number of morpholine rings is 1. The number of rotatable bonds is 5. The number of benzene rings is 1. The molecule has 8 nitrogen and oxygen atoms in total. The SMILES string of the molecule is O=C(CN1CCN(C(=O)CN2CCCC(c3nc4ccccc4s3)C2)CC1)N1CCOCC1. The first-order chi connectivity index (χ1) is 16.2. The Morgan fingerprint density at radius 2 is 1.61 bits per heavy atom. The van der Waals surface area contributed by atoms with Crippen LogP contribution in [0, 0.1) is 0 Å². The van der Waals surface area contributed by atoms with Crippen LogP contribution < -0.4 is 0 Å². The van der Waals surface area contributed by atoms with E-state index >= 15 is 0 Å². The molecular formula is C24H33N5O3S. The van der Waals surface area contributed by atoms with E-state index in [0.717, 1.165) is 44.5 Å². The lowest BCUT2D eigenvalue weighted by Crippen LogP contribution is -2.54. The monoisotopic (exact) mass is 471 g/mol. The second-order valence-electron chi connectivity index (χ2n) is 9.24. The molecule has 0 bridgehead atoms. The second-order valence-corrected chi connectivity index (χ2v) is 10.3. The summed E-state index contributed by atoms with van der Waals surface area (Å²) in [6, 6.07) is 8.31. The summed E-state index contributed by atoms with van der Waals surface area (Å²) >= 11 is 1.79. The van der Waals surface area contributed by atoms with Crippen molar-refractivity contribution in [2.45, 2.75) is 18.8 Å². The predicted octanol–water partition coefficient (Wildman–Crippen LogP) is 1.48. The molecule has 0 radical (unpaired) electrons. The third-order valence-electron chi connectivity index (χ3n) is 6.97. The molecule has 3 aliphatic rings. The molecule has 3 saturated heterocycles. The lowest BCUT2D eigenvalue weighted by molar-refractivity contribution is -0.138. The number of thiazole rings is 1. The zero-order chi connectivity index (χ0) is 22.6. The number of piperazine rings is 1. The summed E-state index contributed by atoms with van der Waals surface area (Å²) in [7, 11) is 0. The van der Waals surface area contributed by atoms with Crippen molar-refractivity contribution < 1.29 is 14.3 Å². The van der Waals surface area contributed by atoms with Gasteiger partial charge in [0.15, 0.2) is 0 Å². The van der Waals surface area contributed by atoms with E-state index in [4.69, 9.17) is 9.72 Å². The molecule has 1 unspecified atom stereocenters. The van der Waals surface area contributed by atoms with Crippen LogP contribution in [-0.2, 0) is 14.3 Å². The molecule has 2 amide bonds. The fourth-order valence-electron chi connectivity index (χ4n) is 5.02. The number of ether oxygens (including phenoxy) is 1. The Hall–Kier alpha value is -2.07. The molecule has 33 heavy (non-hydrogen) atoms. The smallest absolute Gasteiger partial charge is 0.236 e. The first-order valence-corrected chi connectivity index (χ1v) is 12.9. The summed E-state index contributed by atoms with van der Waals surface area (Å²) in [6.07, 6.45) is 2.24. The third kappa shape index (κ3) is 5.54. The fraction of sp³-hybridized carbons (Fsp3) is 0.625. The van der Waals surface area contributed by atoms with Gasteiger partial charge in [-0.25, -0.2) is 4.98 Å². The van der Waals surface area contributed by atoms with E-state index in [1.807, 2.05) is 15.9 Å². The molecule has 178 valence electrons. The lowest BCUT2D eigenvalue weighted by atomic mass is 9.98. The maximum absolute atomic E-state index is 13.0. The first kappa shape index (κ1) is 22.7. The van der Waals surface area contributed by atoms with E-state index in [1.54, 1.807) is 11.3 Å². The average molecular weight is 472 g/mol. The maximum Gasteiger partial charge on any atom is 0.236 e. The molecule has 3 fully saturated rings. The van der Waals surface area contributed by atoms with Crippen LogP contribution in [-0.4, -0.2) is 115 Å². The van der Waals surface area contributed by atoms with Crippen LogP contribution in [0.1, 0.15) is 23.8 Å². The first-order valence-electron chi connectivity index (χ1n) is 12.1. The average Bonchev–Trinajstić information content (AvgIpc) is 3.30. The molecule has 3 aliphatic heterocycles. The van der Waals surface area contributed by atoms with Crippen molar-refractivity contribution in [2.75, 3.05) is 78.7 Å². The quantitative estimate of drug-likeness (QED) is 0.658. The molecule has 1 atom stereocenters. The topological polar surface area (TPSA) is 69.2 Å². The van der Waals surface area contributed by atoms with Gasteiger partial charge in [-0.3, -0.25) is 19.4 Å². The van der Waals surface area contributed by atoms with E-state index in [-0.39, 0.29) is 11.8 Å². The number of carbonyl (C=O) groups is 2. The number of piperidine rings is 1.